The monoisotopic (exact) mass is 248 g/mol. The number of aryl methyl sites for hydroxylation is 2. The average molecular weight is 248 g/mol. The zero-order valence-electron chi connectivity index (χ0n) is 12.0. The molecule has 1 aromatic rings. The lowest BCUT2D eigenvalue weighted by Crippen LogP contribution is -2.44. The SMILES string of the molecule is Cc1ccc(CNC(C)C(=O)NC(C)C)c(C)c1. The van der Waals surface area contributed by atoms with Crippen LogP contribution in [0.1, 0.15) is 37.5 Å². The van der Waals surface area contributed by atoms with Crippen molar-refractivity contribution in [2.24, 2.45) is 0 Å². The number of benzene rings is 1. The third-order valence-electron chi connectivity index (χ3n) is 2.92. The van der Waals surface area contributed by atoms with Gasteiger partial charge >= 0.3 is 0 Å². The molecule has 1 unspecified atom stereocenters. The lowest BCUT2D eigenvalue weighted by Gasteiger charge is -2.17. The van der Waals surface area contributed by atoms with E-state index in [4.69, 9.17) is 0 Å². The highest BCUT2D eigenvalue weighted by atomic mass is 16.2. The Kier molecular flexibility index (Phi) is 5.35. The summed E-state index contributed by atoms with van der Waals surface area (Å²) < 4.78 is 0. The molecule has 18 heavy (non-hydrogen) atoms. The Balaban J connectivity index is 2.52. The first-order chi connectivity index (χ1) is 8.40. The maximum absolute atomic E-state index is 11.7. The molecule has 0 fully saturated rings. The van der Waals surface area contributed by atoms with Gasteiger partial charge in [0.2, 0.25) is 5.91 Å². The molecule has 0 aliphatic carbocycles. The van der Waals surface area contributed by atoms with Crippen LogP contribution in [0, 0.1) is 13.8 Å². The molecule has 3 heteroatoms. The highest BCUT2D eigenvalue weighted by Gasteiger charge is 2.12. The van der Waals surface area contributed by atoms with Gasteiger partial charge in [-0.15, -0.1) is 0 Å². The van der Waals surface area contributed by atoms with E-state index in [0.717, 1.165) is 6.54 Å². The van der Waals surface area contributed by atoms with Gasteiger partial charge in [0.25, 0.3) is 0 Å². The van der Waals surface area contributed by atoms with Gasteiger partial charge in [0, 0.05) is 12.6 Å². The maximum Gasteiger partial charge on any atom is 0.237 e. The van der Waals surface area contributed by atoms with E-state index < -0.39 is 0 Å². The summed E-state index contributed by atoms with van der Waals surface area (Å²) in [7, 11) is 0. The van der Waals surface area contributed by atoms with Crippen LogP contribution in [0.15, 0.2) is 18.2 Å². The van der Waals surface area contributed by atoms with Crippen molar-refractivity contribution in [3.05, 3.63) is 34.9 Å². The third kappa shape index (κ3) is 4.49. The molecule has 0 aliphatic rings. The Hall–Kier alpha value is -1.35. The minimum atomic E-state index is -0.173. The van der Waals surface area contributed by atoms with Crippen LogP contribution in [0.5, 0.6) is 0 Å². The molecule has 1 atom stereocenters. The van der Waals surface area contributed by atoms with Gasteiger partial charge in [0.05, 0.1) is 6.04 Å². The summed E-state index contributed by atoms with van der Waals surface area (Å²) in [5.41, 5.74) is 3.77. The third-order valence-corrected chi connectivity index (χ3v) is 2.92. The van der Waals surface area contributed by atoms with Crippen molar-refractivity contribution in [3.8, 4) is 0 Å². The second-order valence-corrected chi connectivity index (χ2v) is 5.20. The quantitative estimate of drug-likeness (QED) is 0.839. The number of carbonyl (C=O) groups excluding carboxylic acids is 1. The first-order valence-electron chi connectivity index (χ1n) is 6.50. The first kappa shape index (κ1) is 14.7. The normalized spacial score (nSPS) is 12.6. The number of rotatable bonds is 5. The molecular weight excluding hydrogens is 224 g/mol. The summed E-state index contributed by atoms with van der Waals surface area (Å²) in [6.07, 6.45) is 0. The standard InChI is InChI=1S/C15H24N2O/c1-10(2)17-15(18)13(5)16-9-14-7-6-11(3)8-12(14)4/h6-8,10,13,16H,9H2,1-5H3,(H,17,18). The smallest absolute Gasteiger partial charge is 0.237 e. The summed E-state index contributed by atoms with van der Waals surface area (Å²) in [5, 5.41) is 6.15. The van der Waals surface area contributed by atoms with E-state index in [9.17, 15) is 4.79 Å². The van der Waals surface area contributed by atoms with Gasteiger partial charge in [0.15, 0.2) is 0 Å². The van der Waals surface area contributed by atoms with E-state index in [0.29, 0.717) is 0 Å². The Morgan fingerprint density at radius 1 is 1.22 bits per heavy atom. The largest absolute Gasteiger partial charge is 0.353 e. The van der Waals surface area contributed by atoms with Crippen molar-refractivity contribution >= 4 is 5.91 Å². The zero-order chi connectivity index (χ0) is 13.7. The molecule has 100 valence electrons. The van der Waals surface area contributed by atoms with Crippen molar-refractivity contribution in [2.75, 3.05) is 0 Å². The van der Waals surface area contributed by atoms with Gasteiger partial charge in [0.1, 0.15) is 0 Å². The molecule has 1 aromatic carbocycles. The van der Waals surface area contributed by atoms with Crippen LogP contribution in [0.25, 0.3) is 0 Å². The molecule has 0 saturated heterocycles. The fourth-order valence-electron chi connectivity index (χ4n) is 1.81. The second-order valence-electron chi connectivity index (χ2n) is 5.20. The summed E-state index contributed by atoms with van der Waals surface area (Å²) in [5.74, 6) is 0.0507. The van der Waals surface area contributed by atoms with Gasteiger partial charge < -0.3 is 10.6 Å². The minimum absolute atomic E-state index is 0.0507. The van der Waals surface area contributed by atoms with Crippen molar-refractivity contribution in [1.82, 2.24) is 10.6 Å². The predicted octanol–water partition coefficient (Wildman–Crippen LogP) is 2.31. The number of hydrogen-bond donors (Lipinski definition) is 2. The molecular formula is C15H24N2O. The van der Waals surface area contributed by atoms with Gasteiger partial charge in [-0.2, -0.15) is 0 Å². The molecule has 2 N–H and O–H groups in total. The molecule has 0 bridgehead atoms. The van der Waals surface area contributed by atoms with E-state index in [2.05, 4.69) is 42.7 Å². The lowest BCUT2D eigenvalue weighted by atomic mass is 10.1. The highest BCUT2D eigenvalue weighted by molar-refractivity contribution is 5.81. The van der Waals surface area contributed by atoms with Gasteiger partial charge in [-0.05, 0) is 45.7 Å². The van der Waals surface area contributed by atoms with Gasteiger partial charge in [-0.1, -0.05) is 23.8 Å². The summed E-state index contributed by atoms with van der Waals surface area (Å²) in [6, 6.07) is 6.39. The molecule has 1 amide bonds. The number of carbonyl (C=O) groups is 1. The van der Waals surface area contributed by atoms with Crippen LogP contribution in [-0.2, 0) is 11.3 Å². The molecule has 0 spiro atoms. The Morgan fingerprint density at radius 2 is 1.89 bits per heavy atom. The van der Waals surface area contributed by atoms with Crippen molar-refractivity contribution in [3.63, 3.8) is 0 Å². The molecule has 0 aromatic heterocycles. The molecule has 1 rings (SSSR count). The molecule has 0 radical (unpaired) electrons. The van der Waals surface area contributed by atoms with Crippen molar-refractivity contribution in [1.29, 1.82) is 0 Å². The fraction of sp³-hybridized carbons (Fsp3) is 0.533. The van der Waals surface area contributed by atoms with E-state index in [1.165, 1.54) is 16.7 Å². The summed E-state index contributed by atoms with van der Waals surface area (Å²) in [4.78, 5) is 11.7. The number of amides is 1. The lowest BCUT2D eigenvalue weighted by molar-refractivity contribution is -0.123. The van der Waals surface area contributed by atoms with E-state index in [1.807, 2.05) is 20.8 Å². The van der Waals surface area contributed by atoms with E-state index in [-0.39, 0.29) is 18.0 Å². The van der Waals surface area contributed by atoms with Crippen molar-refractivity contribution < 1.29 is 4.79 Å². The molecule has 0 saturated carbocycles. The van der Waals surface area contributed by atoms with Crippen LogP contribution in [0.2, 0.25) is 0 Å². The van der Waals surface area contributed by atoms with E-state index >= 15 is 0 Å². The summed E-state index contributed by atoms with van der Waals surface area (Å²) in [6.45, 7) is 10.7. The van der Waals surface area contributed by atoms with Crippen molar-refractivity contribution in [2.45, 2.75) is 53.2 Å². The Morgan fingerprint density at radius 3 is 2.44 bits per heavy atom. The highest BCUT2D eigenvalue weighted by Crippen LogP contribution is 2.10. The molecule has 0 heterocycles. The topological polar surface area (TPSA) is 41.1 Å². The summed E-state index contributed by atoms with van der Waals surface area (Å²) >= 11 is 0. The molecule has 3 nitrogen and oxygen atoms in total. The first-order valence-corrected chi connectivity index (χ1v) is 6.50. The van der Waals surface area contributed by atoms with Crippen LogP contribution >= 0.6 is 0 Å². The number of nitrogens with one attached hydrogen (secondary N) is 2. The Bertz CT molecular complexity index is 413. The maximum atomic E-state index is 11.7. The number of hydrogen-bond acceptors (Lipinski definition) is 2. The zero-order valence-corrected chi connectivity index (χ0v) is 12.0. The minimum Gasteiger partial charge on any atom is -0.353 e. The predicted molar refractivity (Wildman–Crippen MR) is 75.5 cm³/mol. The van der Waals surface area contributed by atoms with Gasteiger partial charge in [-0.3, -0.25) is 4.79 Å². The van der Waals surface area contributed by atoms with Gasteiger partial charge in [-0.25, -0.2) is 0 Å². The van der Waals surface area contributed by atoms with Crippen LogP contribution < -0.4 is 10.6 Å². The fourth-order valence-corrected chi connectivity index (χ4v) is 1.81. The average Bonchev–Trinajstić information content (AvgIpc) is 2.26. The molecule has 0 aliphatic heterocycles. The second kappa shape index (κ2) is 6.55. The van der Waals surface area contributed by atoms with E-state index in [1.54, 1.807) is 0 Å². The van der Waals surface area contributed by atoms with Crippen LogP contribution in [-0.4, -0.2) is 18.0 Å². The van der Waals surface area contributed by atoms with Crippen LogP contribution in [0.4, 0.5) is 0 Å². The van der Waals surface area contributed by atoms with Crippen LogP contribution in [0.3, 0.4) is 0 Å². The Labute approximate surface area is 110 Å².